The Morgan fingerprint density at radius 2 is 1.95 bits per heavy atom. The quantitative estimate of drug-likeness (QED) is 0.897. The molecule has 0 spiro atoms. The van der Waals surface area contributed by atoms with E-state index in [1.807, 2.05) is 0 Å². The number of nitrogens with zero attached hydrogens (tertiary/aromatic N) is 1. The van der Waals surface area contributed by atoms with Crippen LogP contribution < -0.4 is 11.1 Å². The summed E-state index contributed by atoms with van der Waals surface area (Å²) in [6.07, 6.45) is 0. The molecule has 2 amide bonds. The van der Waals surface area contributed by atoms with Crippen molar-refractivity contribution in [2.24, 2.45) is 5.73 Å². The highest BCUT2D eigenvalue weighted by molar-refractivity contribution is 6.30. The van der Waals surface area contributed by atoms with Crippen LogP contribution in [0.1, 0.15) is 26.6 Å². The Labute approximate surface area is 113 Å². The molecule has 1 heterocycles. The average molecular weight is 280 g/mol. The van der Waals surface area contributed by atoms with Crippen LogP contribution in [0.3, 0.4) is 0 Å². The Kier molecular flexibility index (Phi) is 3.52. The number of halogens is 1. The molecule has 1 aromatic carbocycles. The molecule has 0 saturated carbocycles. The number of primary amides is 1. The first-order chi connectivity index (χ1) is 8.99. The van der Waals surface area contributed by atoms with E-state index in [9.17, 15) is 9.59 Å². The van der Waals surface area contributed by atoms with E-state index in [1.54, 1.807) is 24.3 Å². The van der Waals surface area contributed by atoms with Crippen LogP contribution in [0.25, 0.3) is 0 Å². The number of aromatic nitrogens is 1. The first-order valence-corrected chi connectivity index (χ1v) is 5.70. The second-order valence-corrected chi connectivity index (χ2v) is 4.22. The number of hydrogen-bond acceptors (Lipinski definition) is 4. The fraction of sp³-hybridized carbons (Fsp3) is 0.0833. The lowest BCUT2D eigenvalue weighted by atomic mass is 10.1. The Balaban J connectivity index is 2.27. The zero-order chi connectivity index (χ0) is 14.0. The average Bonchev–Trinajstić information content (AvgIpc) is 2.74. The minimum Gasteiger partial charge on any atom is -0.364 e. The van der Waals surface area contributed by atoms with Crippen LogP contribution in [0.4, 0.5) is 5.69 Å². The lowest BCUT2D eigenvalue weighted by molar-refractivity contribution is 0.0972. The Bertz CT molecular complexity index is 634. The van der Waals surface area contributed by atoms with Crippen molar-refractivity contribution < 1.29 is 14.1 Å². The van der Waals surface area contributed by atoms with Crippen LogP contribution in [-0.2, 0) is 0 Å². The molecule has 6 nitrogen and oxygen atoms in total. The maximum absolute atomic E-state index is 12.1. The van der Waals surface area contributed by atoms with Crippen LogP contribution >= 0.6 is 11.6 Å². The van der Waals surface area contributed by atoms with Crippen molar-refractivity contribution in [3.8, 4) is 0 Å². The molecule has 0 atom stereocenters. The fourth-order valence-electron chi connectivity index (χ4n) is 1.53. The third kappa shape index (κ3) is 2.74. The summed E-state index contributed by atoms with van der Waals surface area (Å²) in [5.74, 6) is -1.12. The molecule has 0 aliphatic heterocycles. The topological polar surface area (TPSA) is 98.2 Å². The first-order valence-electron chi connectivity index (χ1n) is 5.32. The second kappa shape index (κ2) is 5.11. The number of amides is 2. The van der Waals surface area contributed by atoms with Crippen LogP contribution in [0.2, 0.25) is 5.02 Å². The van der Waals surface area contributed by atoms with E-state index in [0.29, 0.717) is 10.7 Å². The summed E-state index contributed by atoms with van der Waals surface area (Å²) in [6.45, 7) is 1.52. The van der Waals surface area contributed by atoms with Gasteiger partial charge in [-0.25, -0.2) is 0 Å². The van der Waals surface area contributed by atoms with Crippen molar-refractivity contribution in [3.05, 3.63) is 46.3 Å². The van der Waals surface area contributed by atoms with Gasteiger partial charge in [-0.1, -0.05) is 16.8 Å². The van der Waals surface area contributed by atoms with Gasteiger partial charge < -0.3 is 15.6 Å². The predicted molar refractivity (Wildman–Crippen MR) is 69.2 cm³/mol. The van der Waals surface area contributed by atoms with Gasteiger partial charge in [0.1, 0.15) is 11.3 Å². The van der Waals surface area contributed by atoms with Crippen molar-refractivity contribution in [2.45, 2.75) is 6.92 Å². The monoisotopic (exact) mass is 279 g/mol. The number of benzene rings is 1. The minimum atomic E-state index is -0.821. The van der Waals surface area contributed by atoms with Crippen molar-refractivity contribution in [1.29, 1.82) is 0 Å². The molecular weight excluding hydrogens is 270 g/mol. The maximum Gasteiger partial charge on any atom is 0.271 e. The summed E-state index contributed by atoms with van der Waals surface area (Å²) >= 11 is 5.74. The third-order valence-electron chi connectivity index (χ3n) is 2.43. The summed E-state index contributed by atoms with van der Waals surface area (Å²) in [5, 5.41) is 6.62. The smallest absolute Gasteiger partial charge is 0.271 e. The zero-order valence-electron chi connectivity index (χ0n) is 9.94. The van der Waals surface area contributed by atoms with Gasteiger partial charge in [0.25, 0.3) is 11.8 Å². The molecule has 0 aliphatic carbocycles. The molecule has 1 aromatic heterocycles. The van der Waals surface area contributed by atoms with E-state index in [-0.39, 0.29) is 17.0 Å². The maximum atomic E-state index is 12.1. The largest absolute Gasteiger partial charge is 0.364 e. The van der Waals surface area contributed by atoms with E-state index in [0.717, 1.165) is 0 Å². The highest BCUT2D eigenvalue weighted by atomic mass is 35.5. The molecule has 0 radical (unpaired) electrons. The SMILES string of the molecule is Cc1onc(C(N)=O)c1C(=O)Nc1ccc(Cl)cc1. The molecule has 0 bridgehead atoms. The van der Waals surface area contributed by atoms with E-state index in [1.165, 1.54) is 6.92 Å². The normalized spacial score (nSPS) is 10.2. The minimum absolute atomic E-state index is 0.0300. The van der Waals surface area contributed by atoms with E-state index >= 15 is 0 Å². The molecule has 0 aliphatic rings. The molecule has 0 unspecified atom stereocenters. The van der Waals surface area contributed by atoms with E-state index in [4.69, 9.17) is 21.9 Å². The number of anilines is 1. The molecule has 3 N–H and O–H groups in total. The zero-order valence-corrected chi connectivity index (χ0v) is 10.7. The summed E-state index contributed by atoms with van der Waals surface area (Å²) in [5.41, 5.74) is 5.49. The van der Waals surface area contributed by atoms with Gasteiger partial charge in [-0.05, 0) is 31.2 Å². The summed E-state index contributed by atoms with van der Waals surface area (Å²) in [4.78, 5) is 23.2. The highest BCUT2D eigenvalue weighted by Crippen LogP contribution is 2.17. The van der Waals surface area contributed by atoms with Crippen LogP contribution in [0.5, 0.6) is 0 Å². The first kappa shape index (κ1) is 13.1. The standard InChI is InChI=1S/C12H10ClN3O3/c1-6-9(10(11(14)17)16-19-6)12(18)15-8-4-2-7(13)3-5-8/h2-5H,1H3,(H2,14,17)(H,15,18). The molecular formula is C12H10ClN3O3. The van der Waals surface area contributed by atoms with Gasteiger partial charge in [0.05, 0.1) is 0 Å². The van der Waals surface area contributed by atoms with Gasteiger partial charge in [0.2, 0.25) is 0 Å². The summed E-state index contributed by atoms with van der Waals surface area (Å²) in [6, 6.07) is 6.53. The van der Waals surface area contributed by atoms with Crippen LogP contribution in [-0.4, -0.2) is 17.0 Å². The van der Waals surface area contributed by atoms with Crippen molar-refractivity contribution >= 4 is 29.1 Å². The number of carbonyl (C=O) groups is 2. The van der Waals surface area contributed by atoms with Gasteiger partial charge in [-0.2, -0.15) is 0 Å². The van der Waals surface area contributed by atoms with E-state index in [2.05, 4.69) is 10.5 Å². The summed E-state index contributed by atoms with van der Waals surface area (Å²) < 4.78 is 4.80. The number of aryl methyl sites for hydroxylation is 1. The predicted octanol–water partition coefficient (Wildman–Crippen LogP) is 1.99. The van der Waals surface area contributed by atoms with Gasteiger partial charge in [0.15, 0.2) is 5.69 Å². The summed E-state index contributed by atoms with van der Waals surface area (Å²) in [7, 11) is 0. The molecule has 98 valence electrons. The van der Waals surface area contributed by atoms with Crippen LogP contribution in [0, 0.1) is 6.92 Å². The number of nitrogens with one attached hydrogen (secondary N) is 1. The van der Waals surface area contributed by atoms with Gasteiger partial charge in [-0.3, -0.25) is 9.59 Å². The fourth-order valence-corrected chi connectivity index (χ4v) is 1.66. The number of carbonyl (C=O) groups excluding carboxylic acids is 2. The van der Waals surface area contributed by atoms with Crippen molar-refractivity contribution in [2.75, 3.05) is 5.32 Å². The molecule has 2 aromatic rings. The number of rotatable bonds is 3. The Morgan fingerprint density at radius 1 is 1.32 bits per heavy atom. The lowest BCUT2D eigenvalue weighted by Crippen LogP contribution is -2.20. The van der Waals surface area contributed by atoms with E-state index < -0.39 is 11.8 Å². The van der Waals surface area contributed by atoms with Gasteiger partial charge in [-0.15, -0.1) is 0 Å². The van der Waals surface area contributed by atoms with Gasteiger partial charge >= 0.3 is 0 Å². The number of nitrogens with two attached hydrogens (primary N) is 1. The van der Waals surface area contributed by atoms with Crippen molar-refractivity contribution in [1.82, 2.24) is 5.16 Å². The molecule has 7 heteroatoms. The van der Waals surface area contributed by atoms with Gasteiger partial charge in [0, 0.05) is 10.7 Å². The molecule has 2 rings (SSSR count). The molecule has 0 saturated heterocycles. The van der Waals surface area contributed by atoms with Crippen LogP contribution in [0.15, 0.2) is 28.8 Å². The highest BCUT2D eigenvalue weighted by Gasteiger charge is 2.23. The van der Waals surface area contributed by atoms with Crippen molar-refractivity contribution in [3.63, 3.8) is 0 Å². The Morgan fingerprint density at radius 3 is 2.53 bits per heavy atom. The lowest BCUT2D eigenvalue weighted by Gasteiger charge is -2.04. The molecule has 19 heavy (non-hydrogen) atoms. The molecule has 0 fully saturated rings. The third-order valence-corrected chi connectivity index (χ3v) is 2.68. The number of hydrogen-bond donors (Lipinski definition) is 2. The Hall–Kier alpha value is -2.34. The second-order valence-electron chi connectivity index (χ2n) is 3.79.